The second-order valence-electron chi connectivity index (χ2n) is 8.53. The van der Waals surface area contributed by atoms with Gasteiger partial charge in [0.05, 0.1) is 7.11 Å². The average Bonchev–Trinajstić information content (AvgIpc) is 3.20. The Morgan fingerprint density at radius 3 is 2.03 bits per heavy atom. The highest BCUT2D eigenvalue weighted by Gasteiger charge is 2.50. The summed E-state index contributed by atoms with van der Waals surface area (Å²) in [5.74, 6) is -0.962. The molecule has 8 nitrogen and oxygen atoms in total. The first-order valence-electron chi connectivity index (χ1n) is 11.2. The summed E-state index contributed by atoms with van der Waals surface area (Å²) in [7, 11) is -4.57. The van der Waals surface area contributed by atoms with Gasteiger partial charge in [0, 0.05) is 17.9 Å². The molecule has 0 radical (unpaired) electrons. The number of rotatable bonds is 8. The Kier molecular flexibility index (Phi) is 7.45. The number of halogens is 2. The molecule has 1 aliphatic rings. The SMILES string of the molecule is COC(=O)[C@H](Cc1ccc(C(F)(F)P(=O)(O)O)cc1)NC(=O)OCC1c2ccccc2-c2ccccc21. The second-order valence-corrected chi connectivity index (χ2v) is 10.2. The molecule has 4 rings (SSSR count). The Balaban J connectivity index is 1.43. The van der Waals surface area contributed by atoms with Crippen LogP contribution in [0.2, 0.25) is 0 Å². The van der Waals surface area contributed by atoms with Gasteiger partial charge in [-0.1, -0.05) is 72.8 Å². The summed E-state index contributed by atoms with van der Waals surface area (Å²) in [5.41, 5.74) is -0.711. The molecule has 37 heavy (non-hydrogen) atoms. The van der Waals surface area contributed by atoms with Gasteiger partial charge >= 0.3 is 25.3 Å². The van der Waals surface area contributed by atoms with E-state index >= 15 is 0 Å². The number of ether oxygens (including phenoxy) is 2. The molecule has 0 spiro atoms. The largest absolute Gasteiger partial charge is 0.467 e. The molecule has 1 aliphatic carbocycles. The third-order valence-corrected chi connectivity index (χ3v) is 7.22. The van der Waals surface area contributed by atoms with Gasteiger partial charge in [0.25, 0.3) is 0 Å². The number of carbonyl (C=O) groups is 2. The minimum Gasteiger partial charge on any atom is -0.467 e. The highest BCUT2D eigenvalue weighted by atomic mass is 31.2. The van der Waals surface area contributed by atoms with Crippen LogP contribution in [0.15, 0.2) is 72.8 Å². The lowest BCUT2D eigenvalue weighted by atomic mass is 9.98. The van der Waals surface area contributed by atoms with E-state index in [0.29, 0.717) is 5.56 Å². The third-order valence-electron chi connectivity index (χ3n) is 6.23. The highest BCUT2D eigenvalue weighted by molar-refractivity contribution is 7.52. The maximum Gasteiger partial charge on any atom is 0.407 e. The predicted octanol–water partition coefficient (Wildman–Crippen LogP) is 4.54. The number of amides is 1. The van der Waals surface area contributed by atoms with Crippen molar-refractivity contribution in [2.45, 2.75) is 24.0 Å². The number of alkyl carbamates (subject to hydrolysis) is 1. The van der Waals surface area contributed by atoms with Crippen LogP contribution in [0.1, 0.15) is 28.2 Å². The van der Waals surface area contributed by atoms with Gasteiger partial charge < -0.3 is 24.6 Å². The molecule has 194 valence electrons. The quantitative estimate of drug-likeness (QED) is 0.288. The summed E-state index contributed by atoms with van der Waals surface area (Å²) in [6.07, 6.45) is -0.986. The van der Waals surface area contributed by atoms with E-state index in [0.717, 1.165) is 41.5 Å². The topological polar surface area (TPSA) is 122 Å². The van der Waals surface area contributed by atoms with E-state index in [1.54, 1.807) is 0 Å². The Morgan fingerprint density at radius 1 is 0.973 bits per heavy atom. The first kappa shape index (κ1) is 26.5. The number of nitrogens with one attached hydrogen (secondary N) is 1. The minimum atomic E-state index is -5.71. The summed E-state index contributed by atoms with van der Waals surface area (Å²) in [6.45, 7) is 0.0277. The molecule has 1 amide bonds. The van der Waals surface area contributed by atoms with Crippen LogP contribution >= 0.6 is 7.60 Å². The van der Waals surface area contributed by atoms with Crippen molar-refractivity contribution in [3.63, 3.8) is 0 Å². The molecule has 0 saturated carbocycles. The predicted molar refractivity (Wildman–Crippen MR) is 130 cm³/mol. The van der Waals surface area contributed by atoms with E-state index < -0.39 is 36.9 Å². The van der Waals surface area contributed by atoms with Crippen molar-refractivity contribution in [2.24, 2.45) is 0 Å². The van der Waals surface area contributed by atoms with E-state index in [1.165, 1.54) is 12.1 Å². The van der Waals surface area contributed by atoms with E-state index in [4.69, 9.17) is 19.3 Å². The lowest BCUT2D eigenvalue weighted by Crippen LogP contribution is -2.43. The van der Waals surface area contributed by atoms with Gasteiger partial charge in [-0.15, -0.1) is 0 Å². The van der Waals surface area contributed by atoms with Crippen molar-refractivity contribution >= 4 is 19.7 Å². The molecule has 0 aliphatic heterocycles. The molecule has 0 saturated heterocycles. The molecular formula is C26H24F2NO7P. The standard InChI is InChI=1S/C26H24F2NO7P/c1-35-24(30)23(14-16-10-12-17(13-11-16)26(27,28)37(32,33)34)29-25(31)36-15-22-20-8-4-2-6-18(20)19-7-3-5-9-21(19)22/h2-13,22-23H,14-15H2,1H3,(H,29,31)(H2,32,33,34)/t23-/m0/s1. The Labute approximate surface area is 211 Å². The first-order chi connectivity index (χ1) is 17.5. The molecule has 3 aromatic carbocycles. The van der Waals surface area contributed by atoms with E-state index in [-0.39, 0.29) is 18.9 Å². The molecule has 11 heteroatoms. The fraction of sp³-hybridized carbons (Fsp3) is 0.231. The molecule has 0 aromatic heterocycles. The Morgan fingerprint density at radius 2 is 1.51 bits per heavy atom. The van der Waals surface area contributed by atoms with Crippen molar-refractivity contribution in [3.05, 3.63) is 95.1 Å². The van der Waals surface area contributed by atoms with Gasteiger partial charge in [0.1, 0.15) is 12.6 Å². The van der Waals surface area contributed by atoms with Crippen molar-refractivity contribution in [1.29, 1.82) is 0 Å². The zero-order chi connectivity index (χ0) is 26.8. The summed E-state index contributed by atoms with van der Waals surface area (Å²) >= 11 is 0. The van der Waals surface area contributed by atoms with Crippen molar-refractivity contribution < 1.29 is 42.2 Å². The number of alkyl halides is 2. The summed E-state index contributed by atoms with van der Waals surface area (Å²) in [4.78, 5) is 42.7. The Bertz CT molecular complexity index is 1310. The van der Waals surface area contributed by atoms with Gasteiger partial charge in [-0.2, -0.15) is 8.78 Å². The lowest BCUT2D eigenvalue weighted by molar-refractivity contribution is -0.143. The Hall–Kier alpha value is -3.59. The van der Waals surface area contributed by atoms with Crippen LogP contribution in [0.4, 0.5) is 13.6 Å². The molecule has 1 atom stereocenters. The van der Waals surface area contributed by atoms with Gasteiger partial charge in [0.2, 0.25) is 0 Å². The average molecular weight is 531 g/mol. The van der Waals surface area contributed by atoms with Gasteiger partial charge in [0.15, 0.2) is 0 Å². The van der Waals surface area contributed by atoms with Crippen molar-refractivity contribution in [2.75, 3.05) is 13.7 Å². The maximum atomic E-state index is 13.9. The maximum absolute atomic E-state index is 13.9. The zero-order valence-electron chi connectivity index (χ0n) is 19.6. The van der Waals surface area contributed by atoms with Crippen LogP contribution in [0.5, 0.6) is 0 Å². The van der Waals surface area contributed by atoms with Crippen LogP contribution in [0.3, 0.4) is 0 Å². The normalized spacial score (nSPS) is 13.9. The van der Waals surface area contributed by atoms with Crippen LogP contribution in [0.25, 0.3) is 11.1 Å². The van der Waals surface area contributed by atoms with Crippen molar-refractivity contribution in [1.82, 2.24) is 5.32 Å². The fourth-order valence-electron chi connectivity index (χ4n) is 4.36. The first-order valence-corrected chi connectivity index (χ1v) is 12.9. The number of fused-ring (bicyclic) bond motifs is 3. The van der Waals surface area contributed by atoms with E-state index in [2.05, 4.69) is 5.32 Å². The summed E-state index contributed by atoms with van der Waals surface area (Å²) in [5, 5.41) is 2.45. The fourth-order valence-corrected chi connectivity index (χ4v) is 4.85. The molecule has 0 bridgehead atoms. The molecule has 3 aromatic rings. The van der Waals surface area contributed by atoms with Gasteiger partial charge in [-0.25, -0.2) is 9.59 Å². The molecular weight excluding hydrogens is 507 g/mol. The molecule has 0 unspecified atom stereocenters. The van der Waals surface area contributed by atoms with Crippen LogP contribution in [0, 0.1) is 0 Å². The number of carbonyl (C=O) groups excluding carboxylic acids is 2. The minimum absolute atomic E-state index is 0.0277. The molecule has 0 heterocycles. The number of esters is 1. The molecule has 3 N–H and O–H groups in total. The zero-order valence-corrected chi connectivity index (χ0v) is 20.5. The summed E-state index contributed by atoms with van der Waals surface area (Å²) in [6, 6.07) is 18.5. The smallest absolute Gasteiger partial charge is 0.407 e. The molecule has 0 fully saturated rings. The third kappa shape index (κ3) is 5.41. The number of benzene rings is 3. The number of methoxy groups -OCH3 is 1. The van der Waals surface area contributed by atoms with Crippen LogP contribution < -0.4 is 5.32 Å². The van der Waals surface area contributed by atoms with Gasteiger partial charge in [-0.3, -0.25) is 4.57 Å². The number of hydrogen-bond acceptors (Lipinski definition) is 5. The summed E-state index contributed by atoms with van der Waals surface area (Å²) < 4.78 is 49.1. The van der Waals surface area contributed by atoms with Crippen LogP contribution in [-0.2, 0) is 30.9 Å². The second kappa shape index (κ2) is 10.4. The van der Waals surface area contributed by atoms with Crippen LogP contribution in [-0.4, -0.2) is 41.6 Å². The van der Waals surface area contributed by atoms with Crippen molar-refractivity contribution in [3.8, 4) is 11.1 Å². The monoisotopic (exact) mass is 531 g/mol. The van der Waals surface area contributed by atoms with Gasteiger partial charge in [-0.05, 0) is 27.8 Å². The lowest BCUT2D eigenvalue weighted by Gasteiger charge is -2.20. The van der Waals surface area contributed by atoms with E-state index in [1.807, 2.05) is 48.5 Å². The van der Waals surface area contributed by atoms with E-state index in [9.17, 15) is 22.9 Å². The highest BCUT2D eigenvalue weighted by Crippen LogP contribution is 2.59. The number of hydrogen-bond donors (Lipinski definition) is 3.